The number of benzene rings is 1. The molecule has 1 aromatic carbocycles. The van der Waals surface area contributed by atoms with E-state index in [0.29, 0.717) is 28.7 Å². The summed E-state index contributed by atoms with van der Waals surface area (Å²) in [4.78, 5) is 14.1. The van der Waals surface area contributed by atoms with Gasteiger partial charge in [-0.15, -0.1) is 0 Å². The predicted octanol–water partition coefficient (Wildman–Crippen LogP) is 3.76. The average Bonchev–Trinajstić information content (AvgIpc) is 2.30. The van der Waals surface area contributed by atoms with Crippen molar-refractivity contribution in [2.24, 2.45) is 0 Å². The van der Waals surface area contributed by atoms with Gasteiger partial charge in [-0.25, -0.2) is 4.79 Å². The molecule has 0 radical (unpaired) electrons. The molecule has 110 valence electrons. The number of urea groups is 1. The van der Waals surface area contributed by atoms with Crippen molar-refractivity contribution in [2.45, 2.75) is 31.7 Å². The van der Waals surface area contributed by atoms with Gasteiger partial charge >= 0.3 is 6.03 Å². The molecular weight excluding hydrogens is 299 g/mol. The van der Waals surface area contributed by atoms with Crippen LogP contribution in [0.4, 0.5) is 10.5 Å². The Morgan fingerprint density at radius 1 is 1.30 bits per heavy atom. The SMILES string of the molecule is O=C(Nc1cc(Cl)cc(Cl)c1)N(CCCO)C1CCC1. The van der Waals surface area contributed by atoms with Crippen LogP contribution in [-0.4, -0.2) is 35.2 Å². The van der Waals surface area contributed by atoms with Gasteiger partial charge < -0.3 is 15.3 Å². The Hall–Kier alpha value is -0.970. The van der Waals surface area contributed by atoms with Crippen molar-refractivity contribution in [1.82, 2.24) is 4.90 Å². The first kappa shape index (κ1) is 15.4. The molecule has 2 amide bonds. The molecule has 2 N–H and O–H groups in total. The largest absolute Gasteiger partial charge is 0.396 e. The number of carbonyl (C=O) groups excluding carboxylic acids is 1. The molecule has 0 heterocycles. The molecule has 0 aliphatic heterocycles. The molecule has 1 fully saturated rings. The number of aliphatic hydroxyl groups is 1. The Labute approximate surface area is 128 Å². The number of halogens is 2. The standard InChI is InChI=1S/C14H18Cl2N2O2/c15-10-7-11(16)9-12(8-10)17-14(20)18(5-2-6-19)13-3-1-4-13/h7-9,13,19H,1-6H2,(H,17,20). The van der Waals surface area contributed by atoms with Crippen LogP contribution in [0.3, 0.4) is 0 Å². The quantitative estimate of drug-likeness (QED) is 0.869. The van der Waals surface area contributed by atoms with E-state index in [4.69, 9.17) is 28.3 Å². The highest BCUT2D eigenvalue weighted by Gasteiger charge is 2.28. The topological polar surface area (TPSA) is 52.6 Å². The minimum Gasteiger partial charge on any atom is -0.396 e. The lowest BCUT2D eigenvalue weighted by atomic mass is 9.91. The van der Waals surface area contributed by atoms with Gasteiger partial charge in [0.1, 0.15) is 0 Å². The molecule has 1 aromatic rings. The fourth-order valence-electron chi connectivity index (χ4n) is 2.21. The maximum atomic E-state index is 12.3. The second kappa shape index (κ2) is 7.16. The van der Waals surface area contributed by atoms with E-state index < -0.39 is 0 Å². The van der Waals surface area contributed by atoms with Crippen LogP contribution in [0, 0.1) is 0 Å². The normalized spacial score (nSPS) is 14.8. The molecule has 4 nitrogen and oxygen atoms in total. The van der Waals surface area contributed by atoms with Crippen molar-refractivity contribution >= 4 is 34.9 Å². The second-order valence-electron chi connectivity index (χ2n) is 4.94. The van der Waals surface area contributed by atoms with Gasteiger partial charge in [0.25, 0.3) is 0 Å². The molecule has 1 aliphatic carbocycles. The summed E-state index contributed by atoms with van der Waals surface area (Å²) in [5.41, 5.74) is 0.584. The maximum Gasteiger partial charge on any atom is 0.322 e. The zero-order chi connectivity index (χ0) is 14.5. The van der Waals surface area contributed by atoms with Crippen LogP contribution >= 0.6 is 23.2 Å². The predicted molar refractivity (Wildman–Crippen MR) is 81.5 cm³/mol. The second-order valence-corrected chi connectivity index (χ2v) is 5.82. The molecule has 1 saturated carbocycles. The first-order valence-corrected chi connectivity index (χ1v) is 7.50. The van der Waals surface area contributed by atoms with Crippen LogP contribution in [-0.2, 0) is 0 Å². The summed E-state index contributed by atoms with van der Waals surface area (Å²) in [6.45, 7) is 0.640. The maximum absolute atomic E-state index is 12.3. The number of nitrogens with one attached hydrogen (secondary N) is 1. The van der Waals surface area contributed by atoms with Gasteiger partial charge in [0.2, 0.25) is 0 Å². The van der Waals surface area contributed by atoms with Crippen LogP contribution in [0.15, 0.2) is 18.2 Å². The number of aliphatic hydroxyl groups excluding tert-OH is 1. The molecule has 0 spiro atoms. The third-order valence-electron chi connectivity index (χ3n) is 3.45. The molecule has 6 heteroatoms. The van der Waals surface area contributed by atoms with Gasteiger partial charge in [-0.1, -0.05) is 23.2 Å². The van der Waals surface area contributed by atoms with E-state index in [1.54, 1.807) is 23.1 Å². The van der Waals surface area contributed by atoms with Crippen LogP contribution in [0.2, 0.25) is 10.0 Å². The summed E-state index contributed by atoms with van der Waals surface area (Å²) in [5, 5.41) is 12.7. The van der Waals surface area contributed by atoms with Gasteiger partial charge in [0, 0.05) is 34.9 Å². The van der Waals surface area contributed by atoms with Crippen molar-refractivity contribution in [2.75, 3.05) is 18.5 Å². The first-order valence-electron chi connectivity index (χ1n) is 6.74. The van der Waals surface area contributed by atoms with Crippen LogP contribution in [0.5, 0.6) is 0 Å². The Kier molecular flexibility index (Phi) is 5.52. The fourth-order valence-corrected chi connectivity index (χ4v) is 2.74. The van der Waals surface area contributed by atoms with Crippen molar-refractivity contribution in [1.29, 1.82) is 0 Å². The smallest absolute Gasteiger partial charge is 0.322 e. The summed E-state index contributed by atoms with van der Waals surface area (Å²) >= 11 is 11.8. The van der Waals surface area contributed by atoms with Crippen molar-refractivity contribution in [3.8, 4) is 0 Å². The van der Waals surface area contributed by atoms with Gasteiger partial charge in [-0.2, -0.15) is 0 Å². The Bertz CT molecular complexity index is 458. The number of nitrogens with zero attached hydrogens (tertiary/aromatic N) is 1. The average molecular weight is 317 g/mol. The van der Waals surface area contributed by atoms with E-state index in [-0.39, 0.29) is 18.7 Å². The van der Waals surface area contributed by atoms with Crippen LogP contribution in [0.1, 0.15) is 25.7 Å². The number of carbonyl (C=O) groups is 1. The molecule has 0 atom stereocenters. The zero-order valence-corrected chi connectivity index (χ0v) is 12.6. The minimum atomic E-state index is -0.165. The molecule has 0 aromatic heterocycles. The van der Waals surface area contributed by atoms with E-state index >= 15 is 0 Å². The molecule has 0 bridgehead atoms. The zero-order valence-electron chi connectivity index (χ0n) is 11.1. The lowest BCUT2D eigenvalue weighted by Crippen LogP contribution is -2.47. The summed E-state index contributed by atoms with van der Waals surface area (Å²) in [6, 6.07) is 5.05. The van der Waals surface area contributed by atoms with Crippen LogP contribution < -0.4 is 5.32 Å². The summed E-state index contributed by atoms with van der Waals surface area (Å²) in [6.07, 6.45) is 3.78. The molecule has 0 unspecified atom stereocenters. The first-order chi connectivity index (χ1) is 9.60. The van der Waals surface area contributed by atoms with Gasteiger partial charge in [0.15, 0.2) is 0 Å². The molecule has 2 rings (SSSR count). The Morgan fingerprint density at radius 3 is 2.45 bits per heavy atom. The van der Waals surface area contributed by atoms with Crippen LogP contribution in [0.25, 0.3) is 0 Å². The van der Waals surface area contributed by atoms with Crippen molar-refractivity contribution in [3.63, 3.8) is 0 Å². The third kappa shape index (κ3) is 4.01. The number of hydrogen-bond donors (Lipinski definition) is 2. The number of amides is 2. The minimum absolute atomic E-state index is 0.0828. The van der Waals surface area contributed by atoms with Crippen molar-refractivity contribution < 1.29 is 9.90 Å². The molecule has 20 heavy (non-hydrogen) atoms. The van der Waals surface area contributed by atoms with E-state index in [9.17, 15) is 4.79 Å². The molecule has 0 saturated heterocycles. The van der Waals surface area contributed by atoms with E-state index in [1.807, 2.05) is 0 Å². The van der Waals surface area contributed by atoms with Gasteiger partial charge in [-0.05, 0) is 43.9 Å². The van der Waals surface area contributed by atoms with E-state index in [0.717, 1.165) is 19.3 Å². The van der Waals surface area contributed by atoms with E-state index in [2.05, 4.69) is 5.32 Å². The third-order valence-corrected chi connectivity index (χ3v) is 3.88. The summed E-state index contributed by atoms with van der Waals surface area (Å²) in [5.74, 6) is 0. The molecule has 1 aliphatic rings. The van der Waals surface area contributed by atoms with E-state index in [1.165, 1.54) is 0 Å². The highest BCUT2D eigenvalue weighted by Crippen LogP contribution is 2.27. The monoisotopic (exact) mass is 316 g/mol. The highest BCUT2D eigenvalue weighted by atomic mass is 35.5. The van der Waals surface area contributed by atoms with Gasteiger partial charge in [0.05, 0.1) is 0 Å². The highest BCUT2D eigenvalue weighted by molar-refractivity contribution is 6.35. The lowest BCUT2D eigenvalue weighted by molar-refractivity contribution is 0.140. The molecular formula is C14H18Cl2N2O2. The van der Waals surface area contributed by atoms with Gasteiger partial charge in [-0.3, -0.25) is 0 Å². The number of anilines is 1. The lowest BCUT2D eigenvalue weighted by Gasteiger charge is -2.37. The Balaban J connectivity index is 2.03. The van der Waals surface area contributed by atoms with Crippen molar-refractivity contribution in [3.05, 3.63) is 28.2 Å². The fraction of sp³-hybridized carbons (Fsp3) is 0.500. The number of hydrogen-bond acceptors (Lipinski definition) is 2. The summed E-state index contributed by atoms with van der Waals surface area (Å²) in [7, 11) is 0. The number of rotatable bonds is 5. The summed E-state index contributed by atoms with van der Waals surface area (Å²) < 4.78 is 0. The Morgan fingerprint density at radius 2 is 1.95 bits per heavy atom.